The van der Waals surface area contributed by atoms with Crippen LogP contribution in [0.25, 0.3) is 0 Å². The maximum absolute atomic E-state index is 14.8. The fourth-order valence-corrected chi connectivity index (χ4v) is 5.60. The van der Waals surface area contributed by atoms with Gasteiger partial charge in [-0.25, -0.2) is 23.8 Å². The van der Waals surface area contributed by atoms with Crippen molar-refractivity contribution in [1.29, 1.82) is 0 Å². The minimum Gasteiger partial charge on any atom is -0.491 e. The van der Waals surface area contributed by atoms with Crippen LogP contribution in [-0.2, 0) is 22.4 Å². The van der Waals surface area contributed by atoms with Crippen LogP contribution in [0, 0.1) is 11.6 Å². The second-order valence-electron chi connectivity index (χ2n) is 9.28. The zero-order valence-corrected chi connectivity index (χ0v) is 21.7. The highest BCUT2D eigenvalue weighted by molar-refractivity contribution is 8.32. The molecule has 0 spiro atoms. The van der Waals surface area contributed by atoms with E-state index < -0.39 is 39.5 Å². The second kappa shape index (κ2) is 10.4. The third kappa shape index (κ3) is 5.68. The Morgan fingerprint density at radius 3 is 2.51 bits per heavy atom. The summed E-state index contributed by atoms with van der Waals surface area (Å²) < 4.78 is 40.0. The van der Waals surface area contributed by atoms with Crippen LogP contribution in [0.3, 0.4) is 0 Å². The molecule has 4 rings (SSSR count). The minimum atomic E-state index is -1.69. The van der Waals surface area contributed by atoms with Crippen LogP contribution in [0.1, 0.15) is 30.0 Å². The monoisotopic (exact) mass is 534 g/mol. The fourth-order valence-electron chi connectivity index (χ4n) is 4.31. The average Bonchev–Trinajstić information content (AvgIpc) is 3.21. The minimum absolute atomic E-state index is 0.00622. The number of carbonyl (C=O) groups is 2. The summed E-state index contributed by atoms with van der Waals surface area (Å²) in [6.45, 7) is 2.39. The molecule has 2 aromatic heterocycles. The van der Waals surface area contributed by atoms with E-state index in [-0.39, 0.29) is 35.2 Å². The van der Waals surface area contributed by atoms with Gasteiger partial charge < -0.3 is 24.6 Å². The third-order valence-electron chi connectivity index (χ3n) is 5.79. The van der Waals surface area contributed by atoms with Crippen molar-refractivity contribution < 1.29 is 32.7 Å². The standard InChI is InChI=1S/C25H28F2N4O5S/c1-5-35-21-7-6-16-19(29-21)8-9-31(22(33)13-15-12-20(32)30-36-15)23(16)25(34)28-14-10-17(26)24(18(27)11-14)37(2,3)4/h6-7,10-12,23H,5,8-9,13H2,1-4H3,(H,28,34)(H,30,32)/t23-/m1/s1. The molecule has 12 heteroatoms. The summed E-state index contributed by atoms with van der Waals surface area (Å²) in [6, 6.07) is 5.51. The maximum Gasteiger partial charge on any atom is 0.251 e. The summed E-state index contributed by atoms with van der Waals surface area (Å²) in [5, 5.41) is 15.4. The van der Waals surface area contributed by atoms with Gasteiger partial charge in [-0.05, 0) is 49.0 Å². The quantitative estimate of drug-likeness (QED) is 0.473. The van der Waals surface area contributed by atoms with E-state index in [1.165, 1.54) is 11.0 Å². The Morgan fingerprint density at radius 2 is 1.92 bits per heavy atom. The summed E-state index contributed by atoms with van der Waals surface area (Å²) in [4.78, 5) is 32.6. The topological polar surface area (TPSA) is 118 Å². The first kappa shape index (κ1) is 26.4. The molecule has 1 aliphatic rings. The molecule has 0 radical (unpaired) electrons. The van der Waals surface area contributed by atoms with Crippen molar-refractivity contribution in [2.24, 2.45) is 0 Å². The first-order valence-electron chi connectivity index (χ1n) is 11.5. The van der Waals surface area contributed by atoms with Crippen molar-refractivity contribution in [3.63, 3.8) is 0 Å². The molecule has 0 fully saturated rings. The number of anilines is 1. The van der Waals surface area contributed by atoms with E-state index in [0.29, 0.717) is 30.2 Å². The number of benzene rings is 1. The Bertz CT molecular complexity index is 1320. The Hall–Kier alpha value is -3.67. The molecule has 0 saturated carbocycles. The number of fused-ring (bicyclic) bond motifs is 1. The number of halogens is 2. The molecule has 9 nitrogen and oxygen atoms in total. The van der Waals surface area contributed by atoms with E-state index in [4.69, 9.17) is 9.26 Å². The maximum atomic E-state index is 14.8. The normalized spacial score (nSPS) is 15.7. The summed E-state index contributed by atoms with van der Waals surface area (Å²) in [5.74, 6) is -2.46. The number of amides is 2. The van der Waals surface area contributed by atoms with Crippen LogP contribution in [-0.4, -0.2) is 63.9 Å². The van der Waals surface area contributed by atoms with E-state index in [2.05, 4.69) is 15.5 Å². The molecule has 0 aliphatic carbocycles. The lowest BCUT2D eigenvalue weighted by Crippen LogP contribution is -2.46. The number of aromatic nitrogens is 2. The van der Waals surface area contributed by atoms with Crippen LogP contribution in [0.15, 0.2) is 39.8 Å². The van der Waals surface area contributed by atoms with Gasteiger partial charge in [0.2, 0.25) is 11.8 Å². The lowest BCUT2D eigenvalue weighted by molar-refractivity contribution is -0.139. The van der Waals surface area contributed by atoms with E-state index >= 15 is 0 Å². The molecule has 1 aliphatic heterocycles. The van der Waals surface area contributed by atoms with Crippen molar-refractivity contribution in [2.75, 3.05) is 37.2 Å². The van der Waals surface area contributed by atoms with Gasteiger partial charge in [0, 0.05) is 36.3 Å². The summed E-state index contributed by atoms with van der Waals surface area (Å²) in [6.07, 6.45) is 5.43. The van der Waals surface area contributed by atoms with E-state index in [0.717, 1.165) is 12.1 Å². The molecular formula is C25H28F2N4O5S. The van der Waals surface area contributed by atoms with Crippen molar-refractivity contribution in [2.45, 2.75) is 30.7 Å². The van der Waals surface area contributed by atoms with Crippen LogP contribution < -0.4 is 10.1 Å². The molecule has 198 valence electrons. The lowest BCUT2D eigenvalue weighted by Gasteiger charge is -2.36. The smallest absolute Gasteiger partial charge is 0.251 e. The molecular weight excluding hydrogens is 506 g/mol. The van der Waals surface area contributed by atoms with Gasteiger partial charge in [0.25, 0.3) is 11.8 Å². The van der Waals surface area contributed by atoms with Gasteiger partial charge in [-0.1, -0.05) is 0 Å². The Morgan fingerprint density at radius 1 is 1.22 bits per heavy atom. The summed E-state index contributed by atoms with van der Waals surface area (Å²) in [5.41, 5.74) is 0.986. The number of carbonyl (C=O) groups excluding carboxylic acids is 2. The number of rotatable bonds is 7. The van der Waals surface area contributed by atoms with Crippen molar-refractivity contribution in [3.8, 4) is 11.8 Å². The van der Waals surface area contributed by atoms with E-state index in [1.54, 1.807) is 30.9 Å². The molecule has 3 aromatic rings. The first-order chi connectivity index (χ1) is 17.5. The summed E-state index contributed by atoms with van der Waals surface area (Å²) >= 11 is 0. The average molecular weight is 535 g/mol. The van der Waals surface area contributed by atoms with Gasteiger partial charge in [-0.3, -0.25) is 9.59 Å². The predicted octanol–water partition coefficient (Wildman–Crippen LogP) is 3.81. The van der Waals surface area contributed by atoms with Crippen molar-refractivity contribution >= 4 is 27.5 Å². The first-order valence-corrected chi connectivity index (χ1v) is 14.4. The fraction of sp³-hybridized carbons (Fsp3) is 0.360. The molecule has 37 heavy (non-hydrogen) atoms. The SMILES string of the molecule is CCOc1ccc2c(n1)CCN(C(=O)Cc1cc(O)no1)[C@H]2C(=O)Nc1cc(F)c(S(C)(C)C)c(F)c1. The highest BCUT2D eigenvalue weighted by Crippen LogP contribution is 2.48. The molecule has 3 heterocycles. The molecule has 1 aromatic carbocycles. The highest BCUT2D eigenvalue weighted by atomic mass is 32.3. The van der Waals surface area contributed by atoms with Crippen LogP contribution in [0.5, 0.6) is 11.8 Å². The summed E-state index contributed by atoms with van der Waals surface area (Å²) in [7, 11) is -1.69. The Balaban J connectivity index is 1.67. The van der Waals surface area contributed by atoms with Crippen LogP contribution in [0.2, 0.25) is 0 Å². The molecule has 2 amide bonds. The number of ether oxygens (including phenoxy) is 1. The number of aromatic hydroxyl groups is 1. The molecule has 0 unspecified atom stereocenters. The van der Waals surface area contributed by atoms with E-state index in [9.17, 15) is 23.5 Å². The number of hydrogen-bond acceptors (Lipinski definition) is 7. The third-order valence-corrected chi connectivity index (χ3v) is 7.41. The van der Waals surface area contributed by atoms with Crippen molar-refractivity contribution in [3.05, 3.63) is 59.0 Å². The number of hydrogen-bond donors (Lipinski definition) is 2. The second-order valence-corrected chi connectivity index (χ2v) is 13.4. The Kier molecular flexibility index (Phi) is 7.39. The van der Waals surface area contributed by atoms with Gasteiger partial charge in [-0.2, -0.15) is 0 Å². The number of pyridine rings is 1. The number of nitrogens with zero attached hydrogens (tertiary/aromatic N) is 3. The van der Waals surface area contributed by atoms with Gasteiger partial charge in [-0.15, -0.1) is 0 Å². The van der Waals surface area contributed by atoms with Crippen molar-refractivity contribution in [1.82, 2.24) is 15.0 Å². The number of nitrogens with one attached hydrogen (secondary N) is 1. The largest absolute Gasteiger partial charge is 0.491 e. The molecule has 0 bridgehead atoms. The Labute approximate surface area is 214 Å². The molecule has 1 atom stereocenters. The van der Waals surface area contributed by atoms with Gasteiger partial charge in [0.1, 0.15) is 23.4 Å². The van der Waals surface area contributed by atoms with Gasteiger partial charge in [0.15, 0.2) is 0 Å². The van der Waals surface area contributed by atoms with E-state index in [1.807, 2.05) is 6.92 Å². The lowest BCUT2D eigenvalue weighted by atomic mass is 9.95. The van der Waals surface area contributed by atoms with Gasteiger partial charge in [0.05, 0.1) is 23.6 Å². The predicted molar refractivity (Wildman–Crippen MR) is 134 cm³/mol. The molecule has 2 N–H and O–H groups in total. The zero-order valence-electron chi connectivity index (χ0n) is 20.9. The van der Waals surface area contributed by atoms with Gasteiger partial charge >= 0.3 is 0 Å². The van der Waals surface area contributed by atoms with Crippen LogP contribution >= 0.6 is 10.0 Å². The molecule has 0 saturated heterocycles. The zero-order chi connectivity index (χ0) is 26.9. The van der Waals surface area contributed by atoms with Crippen LogP contribution in [0.4, 0.5) is 14.5 Å². The highest BCUT2D eigenvalue weighted by Gasteiger charge is 2.37.